The summed E-state index contributed by atoms with van der Waals surface area (Å²) in [6.45, 7) is 0.499. The zero-order chi connectivity index (χ0) is 10.1. The van der Waals surface area contributed by atoms with Crippen LogP contribution in [0.15, 0.2) is 6.20 Å². The van der Waals surface area contributed by atoms with Crippen molar-refractivity contribution in [3.63, 3.8) is 0 Å². The number of hydrogen-bond acceptors (Lipinski definition) is 2. The summed E-state index contributed by atoms with van der Waals surface area (Å²) in [6, 6.07) is 0. The van der Waals surface area contributed by atoms with Crippen LogP contribution in [-0.2, 0) is 11.2 Å². The van der Waals surface area contributed by atoms with Gasteiger partial charge in [0.1, 0.15) is 0 Å². The minimum atomic E-state index is -1.98. The van der Waals surface area contributed by atoms with Crippen LogP contribution >= 0.6 is 11.6 Å². The van der Waals surface area contributed by atoms with Gasteiger partial charge in [0.05, 0.1) is 17.6 Å². The third kappa shape index (κ3) is 1.48. The van der Waals surface area contributed by atoms with E-state index in [1.54, 1.807) is 0 Å². The number of aromatic amines is 1. The summed E-state index contributed by atoms with van der Waals surface area (Å²) in [5.41, 5.74) is -0.470. The zero-order valence-corrected chi connectivity index (χ0v) is 8.09. The number of amides is 1. The highest BCUT2D eigenvalue weighted by atomic mass is 35.5. The molecule has 0 spiro atoms. The van der Waals surface area contributed by atoms with E-state index >= 15 is 0 Å². The van der Waals surface area contributed by atoms with Gasteiger partial charge in [-0.05, 0) is 12.8 Å². The molecule has 1 aromatic heterocycles. The molecule has 1 amide bonds. The molecule has 2 heterocycles. The third-order valence-electron chi connectivity index (χ3n) is 2.25. The lowest BCUT2D eigenvalue weighted by molar-refractivity contribution is -0.120. The van der Waals surface area contributed by atoms with Crippen LogP contribution in [0.3, 0.4) is 0 Å². The van der Waals surface area contributed by atoms with Crippen molar-refractivity contribution in [2.75, 3.05) is 11.4 Å². The van der Waals surface area contributed by atoms with Crippen LogP contribution in [-0.4, -0.2) is 28.3 Å². The number of aryl methyl sites for hydroxylation is 1. The molecule has 0 saturated heterocycles. The van der Waals surface area contributed by atoms with Gasteiger partial charge in [-0.2, -0.15) is 5.10 Å². The van der Waals surface area contributed by atoms with E-state index in [9.17, 15) is 9.18 Å². The minimum Gasteiger partial charge on any atom is -0.306 e. The van der Waals surface area contributed by atoms with Crippen LogP contribution in [0.1, 0.15) is 12.1 Å². The molecule has 1 aliphatic rings. The molecule has 1 unspecified atom stereocenters. The average molecular weight is 218 g/mol. The second-order valence-electron chi connectivity index (χ2n) is 3.13. The second kappa shape index (κ2) is 3.57. The molecular weight excluding hydrogens is 209 g/mol. The van der Waals surface area contributed by atoms with Crippen molar-refractivity contribution in [3.05, 3.63) is 11.9 Å². The lowest BCUT2D eigenvalue weighted by atomic mass is 10.1. The molecule has 0 fully saturated rings. The summed E-state index contributed by atoms with van der Waals surface area (Å²) in [7, 11) is 0. The SMILES string of the molecule is O=C(C(F)Cl)N1CCCc2[nH]ncc21. The van der Waals surface area contributed by atoms with Crippen molar-refractivity contribution in [2.45, 2.75) is 18.5 Å². The Morgan fingerprint density at radius 3 is 3.29 bits per heavy atom. The molecule has 1 aliphatic heterocycles. The Hall–Kier alpha value is -1.10. The fraction of sp³-hybridized carbons (Fsp3) is 0.500. The predicted molar refractivity (Wildman–Crippen MR) is 50.0 cm³/mol. The second-order valence-corrected chi connectivity index (χ2v) is 3.51. The predicted octanol–water partition coefficient (Wildman–Crippen LogP) is 1.22. The van der Waals surface area contributed by atoms with Gasteiger partial charge in [0.25, 0.3) is 11.5 Å². The van der Waals surface area contributed by atoms with E-state index in [4.69, 9.17) is 11.6 Å². The molecule has 1 aromatic rings. The number of halogens is 2. The van der Waals surface area contributed by atoms with Gasteiger partial charge in [-0.1, -0.05) is 11.6 Å². The highest BCUT2D eigenvalue weighted by Gasteiger charge is 2.28. The molecule has 6 heteroatoms. The van der Waals surface area contributed by atoms with Crippen molar-refractivity contribution >= 4 is 23.2 Å². The molecule has 0 saturated carbocycles. The van der Waals surface area contributed by atoms with Crippen molar-refractivity contribution < 1.29 is 9.18 Å². The van der Waals surface area contributed by atoms with E-state index < -0.39 is 11.5 Å². The Bertz CT molecular complexity index is 352. The lowest BCUT2D eigenvalue weighted by Gasteiger charge is -2.26. The Morgan fingerprint density at radius 2 is 2.57 bits per heavy atom. The highest BCUT2D eigenvalue weighted by molar-refractivity contribution is 6.31. The van der Waals surface area contributed by atoms with Crippen LogP contribution in [0.5, 0.6) is 0 Å². The van der Waals surface area contributed by atoms with Gasteiger partial charge in [-0.3, -0.25) is 9.89 Å². The fourth-order valence-electron chi connectivity index (χ4n) is 1.60. The van der Waals surface area contributed by atoms with Crippen molar-refractivity contribution in [2.24, 2.45) is 0 Å². The van der Waals surface area contributed by atoms with Gasteiger partial charge >= 0.3 is 0 Å². The number of carbonyl (C=O) groups is 1. The van der Waals surface area contributed by atoms with Crippen LogP contribution in [0.2, 0.25) is 0 Å². The van der Waals surface area contributed by atoms with E-state index in [2.05, 4.69) is 10.2 Å². The summed E-state index contributed by atoms with van der Waals surface area (Å²) in [5.74, 6) is -0.714. The number of rotatable bonds is 1. The Labute approximate surface area is 85.0 Å². The fourth-order valence-corrected chi connectivity index (χ4v) is 1.72. The molecule has 0 bridgehead atoms. The summed E-state index contributed by atoms with van der Waals surface area (Å²) >= 11 is 5.11. The third-order valence-corrected chi connectivity index (χ3v) is 2.43. The summed E-state index contributed by atoms with van der Waals surface area (Å²) in [6.07, 6.45) is 3.15. The molecule has 2 rings (SSSR count). The smallest absolute Gasteiger partial charge is 0.277 e. The standard InChI is InChI=1S/C8H9ClFN3O/c9-7(10)8(14)13-3-1-2-5-6(13)4-11-12-5/h4,7H,1-3H2,(H,11,12). The van der Waals surface area contributed by atoms with E-state index in [0.717, 1.165) is 18.5 Å². The largest absolute Gasteiger partial charge is 0.306 e. The highest BCUT2D eigenvalue weighted by Crippen LogP contribution is 2.25. The monoisotopic (exact) mass is 217 g/mol. The number of H-pyrrole nitrogens is 1. The van der Waals surface area contributed by atoms with Crippen molar-refractivity contribution in [1.29, 1.82) is 0 Å². The van der Waals surface area contributed by atoms with E-state index in [-0.39, 0.29) is 0 Å². The quantitative estimate of drug-likeness (QED) is 0.720. The van der Waals surface area contributed by atoms with E-state index in [0.29, 0.717) is 12.2 Å². The molecular formula is C8H9ClFN3O. The minimum absolute atomic E-state index is 0.499. The maximum absolute atomic E-state index is 12.6. The Morgan fingerprint density at radius 1 is 1.79 bits per heavy atom. The van der Waals surface area contributed by atoms with Gasteiger partial charge in [0.15, 0.2) is 0 Å². The van der Waals surface area contributed by atoms with Gasteiger partial charge < -0.3 is 4.90 Å². The van der Waals surface area contributed by atoms with Gasteiger partial charge in [0, 0.05) is 6.54 Å². The number of nitrogens with one attached hydrogen (secondary N) is 1. The number of nitrogens with zero attached hydrogens (tertiary/aromatic N) is 2. The number of alkyl halides is 2. The first kappa shape index (κ1) is 9.45. The van der Waals surface area contributed by atoms with Gasteiger partial charge in [-0.25, -0.2) is 4.39 Å². The zero-order valence-electron chi connectivity index (χ0n) is 7.33. The molecule has 0 aromatic carbocycles. The summed E-state index contributed by atoms with van der Waals surface area (Å²) in [5, 5.41) is 6.58. The molecule has 0 aliphatic carbocycles. The molecule has 1 atom stereocenters. The molecule has 4 nitrogen and oxygen atoms in total. The first-order valence-corrected chi connectivity index (χ1v) is 4.75. The van der Waals surface area contributed by atoms with Gasteiger partial charge in [-0.15, -0.1) is 0 Å². The van der Waals surface area contributed by atoms with Crippen LogP contribution in [0, 0.1) is 0 Å². The number of anilines is 1. The Kier molecular flexibility index (Phi) is 2.41. The number of fused-ring (bicyclic) bond motifs is 1. The number of aromatic nitrogens is 2. The van der Waals surface area contributed by atoms with Crippen LogP contribution < -0.4 is 4.90 Å². The van der Waals surface area contributed by atoms with Crippen LogP contribution in [0.4, 0.5) is 10.1 Å². The number of hydrogen-bond donors (Lipinski definition) is 1. The summed E-state index contributed by atoms with van der Waals surface area (Å²) < 4.78 is 12.6. The first-order chi connectivity index (χ1) is 6.70. The normalized spacial score (nSPS) is 17.7. The maximum Gasteiger partial charge on any atom is 0.277 e. The Balaban J connectivity index is 2.28. The summed E-state index contributed by atoms with van der Waals surface area (Å²) in [4.78, 5) is 12.7. The first-order valence-electron chi connectivity index (χ1n) is 4.32. The van der Waals surface area contributed by atoms with Gasteiger partial charge in [0.2, 0.25) is 0 Å². The molecule has 0 radical (unpaired) electrons. The molecule has 1 N–H and O–H groups in total. The topological polar surface area (TPSA) is 49.0 Å². The maximum atomic E-state index is 12.6. The number of carbonyl (C=O) groups excluding carboxylic acids is 1. The van der Waals surface area contributed by atoms with E-state index in [1.165, 1.54) is 11.1 Å². The molecule has 76 valence electrons. The average Bonchev–Trinajstić information content (AvgIpc) is 2.63. The van der Waals surface area contributed by atoms with Crippen molar-refractivity contribution in [3.8, 4) is 0 Å². The molecule has 14 heavy (non-hydrogen) atoms. The van der Waals surface area contributed by atoms with E-state index in [1.807, 2.05) is 0 Å². The van der Waals surface area contributed by atoms with Crippen molar-refractivity contribution in [1.82, 2.24) is 10.2 Å². The van der Waals surface area contributed by atoms with Crippen LogP contribution in [0.25, 0.3) is 0 Å². The lowest BCUT2D eigenvalue weighted by Crippen LogP contribution is -2.38.